The summed E-state index contributed by atoms with van der Waals surface area (Å²) >= 11 is 0. The van der Waals surface area contributed by atoms with Gasteiger partial charge in [-0.3, -0.25) is 4.90 Å². The van der Waals surface area contributed by atoms with Gasteiger partial charge in [0.05, 0.1) is 6.10 Å². The lowest BCUT2D eigenvalue weighted by molar-refractivity contribution is 0.103. The molecule has 0 saturated carbocycles. The number of hydrogen-bond acceptors (Lipinski definition) is 3. The zero-order valence-corrected chi connectivity index (χ0v) is 12.0. The molecule has 1 unspecified atom stereocenters. The highest BCUT2D eigenvalue weighted by Crippen LogP contribution is 2.15. The molecule has 19 heavy (non-hydrogen) atoms. The van der Waals surface area contributed by atoms with Crippen LogP contribution in [0.3, 0.4) is 0 Å². The van der Waals surface area contributed by atoms with Crippen LogP contribution in [-0.4, -0.2) is 35.3 Å². The molecular formula is C16H23NO2. The van der Waals surface area contributed by atoms with E-state index in [-0.39, 0.29) is 6.10 Å². The zero-order chi connectivity index (χ0) is 14.3. The van der Waals surface area contributed by atoms with Crippen LogP contribution in [0.15, 0.2) is 24.3 Å². The van der Waals surface area contributed by atoms with E-state index in [1.807, 2.05) is 31.2 Å². The number of ether oxygens (including phenoxy) is 1. The van der Waals surface area contributed by atoms with E-state index in [0.29, 0.717) is 19.2 Å². The van der Waals surface area contributed by atoms with Crippen molar-refractivity contribution in [1.29, 1.82) is 0 Å². The fraction of sp³-hybridized carbons (Fsp3) is 0.500. The van der Waals surface area contributed by atoms with Gasteiger partial charge in [0.2, 0.25) is 0 Å². The van der Waals surface area contributed by atoms with Gasteiger partial charge in [-0.1, -0.05) is 18.1 Å². The number of hydrogen-bond donors (Lipinski definition) is 1. The predicted octanol–water partition coefficient (Wildman–Crippen LogP) is 2.29. The van der Waals surface area contributed by atoms with E-state index in [9.17, 15) is 5.11 Å². The lowest BCUT2D eigenvalue weighted by Gasteiger charge is -2.27. The van der Waals surface area contributed by atoms with Crippen molar-refractivity contribution in [3.05, 3.63) is 29.8 Å². The molecule has 0 radical (unpaired) electrons. The van der Waals surface area contributed by atoms with Crippen LogP contribution in [-0.2, 0) is 6.54 Å². The minimum absolute atomic E-state index is 0.291. The molecule has 0 fully saturated rings. The second kappa shape index (κ2) is 7.83. The van der Waals surface area contributed by atoms with Crippen molar-refractivity contribution in [3.63, 3.8) is 0 Å². The van der Waals surface area contributed by atoms with Gasteiger partial charge in [0.1, 0.15) is 12.4 Å². The Balaban J connectivity index is 2.62. The van der Waals surface area contributed by atoms with Crippen LogP contribution in [0.1, 0.15) is 26.3 Å². The molecule has 1 rings (SSSR count). The lowest BCUT2D eigenvalue weighted by atomic mass is 10.1. The Hall–Kier alpha value is -1.50. The molecule has 0 heterocycles. The van der Waals surface area contributed by atoms with Gasteiger partial charge < -0.3 is 9.84 Å². The summed E-state index contributed by atoms with van der Waals surface area (Å²) in [6.07, 6.45) is 4.83. The summed E-state index contributed by atoms with van der Waals surface area (Å²) in [5, 5.41) is 9.51. The average molecular weight is 261 g/mol. The van der Waals surface area contributed by atoms with Crippen molar-refractivity contribution in [3.8, 4) is 18.1 Å². The molecule has 0 spiro atoms. The van der Waals surface area contributed by atoms with Gasteiger partial charge in [0.15, 0.2) is 0 Å². The van der Waals surface area contributed by atoms with Crippen molar-refractivity contribution in [2.24, 2.45) is 0 Å². The topological polar surface area (TPSA) is 32.7 Å². The van der Waals surface area contributed by atoms with E-state index in [2.05, 4.69) is 24.7 Å². The molecule has 3 nitrogen and oxygen atoms in total. The monoisotopic (exact) mass is 261 g/mol. The first-order valence-electron chi connectivity index (χ1n) is 6.60. The summed E-state index contributed by atoms with van der Waals surface area (Å²) in [4.78, 5) is 2.24. The van der Waals surface area contributed by atoms with Crippen LogP contribution in [0.4, 0.5) is 0 Å². The van der Waals surface area contributed by atoms with Gasteiger partial charge in [0, 0.05) is 19.1 Å². The summed E-state index contributed by atoms with van der Waals surface area (Å²) in [5.41, 5.74) is 1.20. The van der Waals surface area contributed by atoms with Gasteiger partial charge in [-0.2, -0.15) is 0 Å². The third-order valence-electron chi connectivity index (χ3n) is 2.86. The summed E-state index contributed by atoms with van der Waals surface area (Å²) in [6.45, 7) is 7.86. The Morgan fingerprint density at radius 2 is 1.89 bits per heavy atom. The lowest BCUT2D eigenvalue weighted by Crippen LogP contribution is -2.36. The van der Waals surface area contributed by atoms with Crippen molar-refractivity contribution in [2.75, 3.05) is 13.2 Å². The second-order valence-corrected chi connectivity index (χ2v) is 5.01. The molecule has 0 saturated heterocycles. The molecule has 0 aliphatic carbocycles. The third-order valence-corrected chi connectivity index (χ3v) is 2.86. The van der Waals surface area contributed by atoms with Crippen molar-refractivity contribution < 1.29 is 9.84 Å². The maximum absolute atomic E-state index is 9.51. The summed E-state index contributed by atoms with van der Waals surface area (Å²) < 4.78 is 5.34. The minimum atomic E-state index is -0.319. The quantitative estimate of drug-likeness (QED) is 0.764. The summed E-state index contributed by atoms with van der Waals surface area (Å²) in [6, 6.07) is 8.31. The van der Waals surface area contributed by atoms with Crippen LogP contribution in [0, 0.1) is 12.3 Å². The molecule has 0 aliphatic rings. The standard InChI is InChI=1S/C16H23NO2/c1-5-10-19-16-8-6-15(7-9-16)12-17(13(2)3)11-14(4)18/h1,6-9,13-14,18H,10-12H2,2-4H3. The number of aliphatic hydroxyl groups excluding tert-OH is 1. The van der Waals surface area contributed by atoms with Gasteiger partial charge in [0.25, 0.3) is 0 Å². The smallest absolute Gasteiger partial charge is 0.148 e. The van der Waals surface area contributed by atoms with E-state index in [0.717, 1.165) is 12.3 Å². The number of benzene rings is 1. The van der Waals surface area contributed by atoms with E-state index in [4.69, 9.17) is 11.2 Å². The van der Waals surface area contributed by atoms with Crippen LogP contribution in [0.25, 0.3) is 0 Å². The molecule has 0 bridgehead atoms. The molecule has 3 heteroatoms. The SMILES string of the molecule is C#CCOc1ccc(CN(CC(C)O)C(C)C)cc1. The fourth-order valence-electron chi connectivity index (χ4n) is 1.85. The Morgan fingerprint density at radius 1 is 1.26 bits per heavy atom. The highest BCUT2D eigenvalue weighted by atomic mass is 16.5. The van der Waals surface area contributed by atoms with E-state index in [1.54, 1.807) is 0 Å². The molecule has 1 N–H and O–H groups in total. The molecule has 104 valence electrons. The molecule has 0 aromatic heterocycles. The van der Waals surface area contributed by atoms with Crippen molar-refractivity contribution >= 4 is 0 Å². The van der Waals surface area contributed by atoms with Crippen LogP contribution < -0.4 is 4.74 Å². The van der Waals surface area contributed by atoms with Crippen molar-refractivity contribution in [2.45, 2.75) is 39.5 Å². The Kier molecular flexibility index (Phi) is 6.41. The van der Waals surface area contributed by atoms with E-state index >= 15 is 0 Å². The van der Waals surface area contributed by atoms with Gasteiger partial charge in [-0.15, -0.1) is 6.42 Å². The number of terminal acetylenes is 1. The van der Waals surface area contributed by atoms with Crippen LogP contribution >= 0.6 is 0 Å². The first kappa shape index (κ1) is 15.6. The summed E-state index contributed by atoms with van der Waals surface area (Å²) in [7, 11) is 0. The zero-order valence-electron chi connectivity index (χ0n) is 12.0. The highest BCUT2D eigenvalue weighted by Gasteiger charge is 2.12. The maximum Gasteiger partial charge on any atom is 0.148 e. The van der Waals surface area contributed by atoms with Crippen LogP contribution in [0.2, 0.25) is 0 Å². The molecule has 1 atom stereocenters. The first-order chi connectivity index (χ1) is 9.02. The van der Waals surface area contributed by atoms with Crippen LogP contribution in [0.5, 0.6) is 5.75 Å². The minimum Gasteiger partial charge on any atom is -0.481 e. The first-order valence-corrected chi connectivity index (χ1v) is 6.60. The van der Waals surface area contributed by atoms with Gasteiger partial charge in [-0.05, 0) is 38.5 Å². The average Bonchev–Trinajstić information content (AvgIpc) is 2.36. The number of aliphatic hydroxyl groups is 1. The maximum atomic E-state index is 9.51. The molecule has 1 aromatic rings. The predicted molar refractivity (Wildman–Crippen MR) is 78.0 cm³/mol. The summed E-state index contributed by atoms with van der Waals surface area (Å²) in [5.74, 6) is 3.23. The Bertz CT molecular complexity index is 404. The number of nitrogens with zero attached hydrogens (tertiary/aromatic N) is 1. The largest absolute Gasteiger partial charge is 0.481 e. The normalized spacial score (nSPS) is 12.5. The third kappa shape index (κ3) is 5.78. The van der Waals surface area contributed by atoms with Gasteiger partial charge >= 0.3 is 0 Å². The molecule has 1 aromatic carbocycles. The van der Waals surface area contributed by atoms with Crippen molar-refractivity contribution in [1.82, 2.24) is 4.90 Å². The molecular weight excluding hydrogens is 238 g/mol. The Labute approximate surface area is 116 Å². The van der Waals surface area contributed by atoms with E-state index < -0.39 is 0 Å². The second-order valence-electron chi connectivity index (χ2n) is 5.01. The molecule has 0 amide bonds. The van der Waals surface area contributed by atoms with E-state index in [1.165, 1.54) is 5.56 Å². The molecule has 0 aliphatic heterocycles. The number of rotatable bonds is 7. The highest BCUT2D eigenvalue weighted by molar-refractivity contribution is 5.27. The fourth-order valence-corrected chi connectivity index (χ4v) is 1.85. The van der Waals surface area contributed by atoms with Gasteiger partial charge in [-0.25, -0.2) is 0 Å². The Morgan fingerprint density at radius 3 is 2.37 bits per heavy atom.